The van der Waals surface area contributed by atoms with Crippen molar-refractivity contribution in [2.45, 2.75) is 12.6 Å². The minimum absolute atomic E-state index is 0.579. The number of rotatable bonds is 3. The van der Waals surface area contributed by atoms with Crippen molar-refractivity contribution in [1.82, 2.24) is 0 Å². The second-order valence-electron chi connectivity index (χ2n) is 3.35. The topological polar surface area (TPSA) is 112 Å². The lowest BCUT2D eigenvalue weighted by Gasteiger charge is -2.07. The zero-order valence-electron chi connectivity index (χ0n) is 8.60. The Labute approximate surface area is 97.3 Å². The molecule has 0 heterocycles. The molecular weight excluding hydrogens is 259 g/mol. The molecule has 2 N–H and O–H groups in total. The second kappa shape index (κ2) is 4.47. The fourth-order valence-electron chi connectivity index (χ4n) is 1.32. The predicted octanol–water partition coefficient (Wildman–Crippen LogP) is 2.19. The van der Waals surface area contributed by atoms with Crippen LogP contribution in [-0.4, -0.2) is 16.0 Å². The van der Waals surface area contributed by atoms with Crippen LogP contribution >= 0.6 is 0 Å². The normalized spacial score (nSPS) is 11.3. The highest BCUT2D eigenvalue weighted by molar-refractivity contribution is 5.72. The monoisotopic (exact) mass is 265 g/mol. The summed E-state index contributed by atoms with van der Waals surface area (Å²) >= 11 is 0. The van der Waals surface area contributed by atoms with Gasteiger partial charge < -0.3 is 5.73 Å². The third-order valence-electron chi connectivity index (χ3n) is 1.99. The van der Waals surface area contributed by atoms with Gasteiger partial charge in [-0.25, -0.2) is 0 Å². The second-order valence-corrected chi connectivity index (χ2v) is 3.35. The Hall–Kier alpha value is -2.39. The number of nitro benzene ring substituents is 2. The molecule has 1 rings (SSSR count). The lowest BCUT2D eigenvalue weighted by atomic mass is 10.1. The lowest BCUT2D eigenvalue weighted by molar-refractivity contribution is -0.392. The molecule has 0 aliphatic carbocycles. The van der Waals surface area contributed by atoms with Crippen molar-refractivity contribution in [1.29, 1.82) is 0 Å². The van der Waals surface area contributed by atoms with Crippen LogP contribution in [0.5, 0.6) is 0 Å². The van der Waals surface area contributed by atoms with Crippen molar-refractivity contribution < 1.29 is 23.0 Å². The summed E-state index contributed by atoms with van der Waals surface area (Å²) in [5.41, 5.74) is 1.97. The first-order valence-electron chi connectivity index (χ1n) is 4.39. The summed E-state index contributed by atoms with van der Waals surface area (Å²) < 4.78 is 36.4. The molecule has 0 amide bonds. The summed E-state index contributed by atoms with van der Waals surface area (Å²) in [6.45, 7) is 0. The largest absolute Gasteiger partial charge is 0.393 e. The maximum Gasteiger partial charge on any atom is 0.393 e. The van der Waals surface area contributed by atoms with Crippen LogP contribution in [0.4, 0.5) is 30.2 Å². The van der Waals surface area contributed by atoms with Crippen LogP contribution in [0.1, 0.15) is 5.56 Å². The van der Waals surface area contributed by atoms with Gasteiger partial charge in [0.25, 0.3) is 11.4 Å². The highest BCUT2D eigenvalue weighted by Crippen LogP contribution is 2.34. The van der Waals surface area contributed by atoms with Gasteiger partial charge in [-0.3, -0.25) is 20.2 Å². The Morgan fingerprint density at radius 2 is 1.50 bits per heavy atom. The minimum Gasteiger partial charge on any atom is -0.388 e. The molecule has 0 unspecified atom stereocenters. The Morgan fingerprint density at radius 1 is 1.11 bits per heavy atom. The third-order valence-corrected chi connectivity index (χ3v) is 1.99. The molecule has 10 heteroatoms. The number of alkyl halides is 3. The maximum absolute atomic E-state index is 12.1. The first kappa shape index (κ1) is 13.7. The van der Waals surface area contributed by atoms with Crippen LogP contribution in [0.15, 0.2) is 12.1 Å². The molecular formula is C8H6F3N3O4. The third kappa shape index (κ3) is 3.06. The molecule has 18 heavy (non-hydrogen) atoms. The van der Waals surface area contributed by atoms with Crippen molar-refractivity contribution >= 4 is 17.1 Å². The number of hydrogen-bond acceptors (Lipinski definition) is 5. The van der Waals surface area contributed by atoms with Crippen LogP contribution < -0.4 is 5.73 Å². The van der Waals surface area contributed by atoms with E-state index in [1.165, 1.54) is 0 Å². The van der Waals surface area contributed by atoms with Crippen molar-refractivity contribution in [2.24, 2.45) is 0 Å². The summed E-state index contributed by atoms with van der Waals surface area (Å²) in [5.74, 6) is 0. The van der Waals surface area contributed by atoms with Gasteiger partial charge in [-0.05, 0) is 5.56 Å². The van der Waals surface area contributed by atoms with Crippen molar-refractivity contribution in [3.8, 4) is 0 Å². The van der Waals surface area contributed by atoms with Gasteiger partial charge >= 0.3 is 6.18 Å². The van der Waals surface area contributed by atoms with E-state index in [-0.39, 0.29) is 0 Å². The standard InChI is InChI=1S/C8H6F3N3O4/c9-8(10,11)3-4-1-5(13(15)16)7(12)6(2-4)14(17)18/h1-2H,3,12H2. The van der Waals surface area contributed by atoms with Crippen LogP contribution in [-0.2, 0) is 6.42 Å². The maximum atomic E-state index is 12.1. The fourth-order valence-corrected chi connectivity index (χ4v) is 1.32. The zero-order chi connectivity index (χ0) is 14.1. The van der Waals surface area contributed by atoms with Gasteiger partial charge in [0.1, 0.15) is 0 Å². The highest BCUT2D eigenvalue weighted by Gasteiger charge is 2.31. The molecule has 0 aromatic heterocycles. The van der Waals surface area contributed by atoms with Crippen LogP contribution in [0.25, 0.3) is 0 Å². The van der Waals surface area contributed by atoms with E-state index in [4.69, 9.17) is 5.73 Å². The highest BCUT2D eigenvalue weighted by atomic mass is 19.4. The Bertz CT molecular complexity index is 480. The number of nitrogens with two attached hydrogens (primary N) is 1. The minimum atomic E-state index is -4.63. The van der Waals surface area contributed by atoms with Crippen LogP contribution in [0.3, 0.4) is 0 Å². The average Bonchev–Trinajstić information content (AvgIpc) is 2.17. The molecule has 0 aliphatic heterocycles. The number of hydrogen-bond donors (Lipinski definition) is 1. The van der Waals surface area contributed by atoms with Gasteiger partial charge in [0, 0.05) is 12.1 Å². The van der Waals surface area contributed by atoms with Crippen molar-refractivity contribution in [3.63, 3.8) is 0 Å². The van der Waals surface area contributed by atoms with Gasteiger partial charge in [-0.15, -0.1) is 0 Å². The molecule has 1 aromatic carbocycles. The SMILES string of the molecule is Nc1c([N+](=O)[O-])cc(CC(F)(F)F)cc1[N+](=O)[O-]. The van der Waals surface area contributed by atoms with E-state index in [9.17, 15) is 33.4 Å². The van der Waals surface area contributed by atoms with E-state index in [0.29, 0.717) is 12.1 Å². The van der Waals surface area contributed by atoms with Gasteiger partial charge in [0.05, 0.1) is 16.3 Å². The fraction of sp³-hybridized carbons (Fsp3) is 0.250. The molecule has 1 aromatic rings. The number of halogens is 3. The van der Waals surface area contributed by atoms with E-state index < -0.39 is 45.1 Å². The van der Waals surface area contributed by atoms with Crippen molar-refractivity contribution in [2.75, 3.05) is 5.73 Å². The molecule has 0 saturated carbocycles. The molecule has 7 nitrogen and oxygen atoms in total. The number of anilines is 1. The summed E-state index contributed by atoms with van der Waals surface area (Å²) in [7, 11) is 0. The quantitative estimate of drug-likeness (QED) is 0.511. The first-order chi connectivity index (χ1) is 8.11. The Kier molecular flexibility index (Phi) is 3.39. The lowest BCUT2D eigenvalue weighted by Crippen LogP contribution is -2.12. The molecule has 98 valence electrons. The number of benzene rings is 1. The summed E-state index contributed by atoms with van der Waals surface area (Å²) in [6, 6.07) is 1.16. The van der Waals surface area contributed by atoms with E-state index in [0.717, 1.165) is 0 Å². The number of nitrogen functional groups attached to an aromatic ring is 1. The molecule has 0 atom stereocenters. The summed E-state index contributed by atoms with van der Waals surface area (Å²) in [6.07, 6.45) is -6.13. The van der Waals surface area contributed by atoms with Crippen molar-refractivity contribution in [3.05, 3.63) is 37.9 Å². The molecule has 0 aliphatic rings. The van der Waals surface area contributed by atoms with Crippen LogP contribution in [0, 0.1) is 20.2 Å². The molecule has 0 radical (unpaired) electrons. The zero-order valence-corrected chi connectivity index (χ0v) is 8.60. The van der Waals surface area contributed by atoms with Gasteiger partial charge in [0.2, 0.25) is 0 Å². The summed E-state index contributed by atoms with van der Waals surface area (Å²) in [5, 5.41) is 21.1. The van der Waals surface area contributed by atoms with Crippen LogP contribution in [0.2, 0.25) is 0 Å². The van der Waals surface area contributed by atoms with E-state index in [1.807, 2.05) is 0 Å². The van der Waals surface area contributed by atoms with Gasteiger partial charge in [-0.2, -0.15) is 13.2 Å². The Morgan fingerprint density at radius 3 is 1.78 bits per heavy atom. The molecule has 0 fully saturated rings. The van der Waals surface area contributed by atoms with Gasteiger partial charge in [-0.1, -0.05) is 0 Å². The molecule has 0 spiro atoms. The van der Waals surface area contributed by atoms with E-state index in [1.54, 1.807) is 0 Å². The number of nitro groups is 2. The smallest absolute Gasteiger partial charge is 0.388 e. The molecule has 0 bridgehead atoms. The molecule has 0 saturated heterocycles. The number of nitrogens with zero attached hydrogens (tertiary/aromatic N) is 2. The first-order valence-corrected chi connectivity index (χ1v) is 4.39. The van der Waals surface area contributed by atoms with E-state index in [2.05, 4.69) is 0 Å². The van der Waals surface area contributed by atoms with E-state index >= 15 is 0 Å². The predicted molar refractivity (Wildman–Crippen MR) is 53.9 cm³/mol. The Balaban J connectivity index is 3.38. The average molecular weight is 265 g/mol. The van der Waals surface area contributed by atoms with Gasteiger partial charge in [0.15, 0.2) is 5.69 Å². The summed E-state index contributed by atoms with van der Waals surface area (Å²) in [4.78, 5) is 18.9.